The fraction of sp³-hybridized carbons (Fsp3) is 0.333. The number of aryl methyl sites for hydroxylation is 1. The number of carbonyl (C=O) groups excluding carboxylic acids is 2. The molecule has 1 N–H and O–H groups in total. The number of hydrogen-bond donors (Lipinski definition) is 1. The van der Waals surface area contributed by atoms with Gasteiger partial charge in [-0.25, -0.2) is 12.8 Å². The number of benzene rings is 3. The van der Waals surface area contributed by atoms with Gasteiger partial charge in [0.15, 0.2) is 0 Å². The number of sulfonamides is 1. The standard InChI is InChI=1S/C30H36FN3O4S/c1-5-23(4)32-30(36)28(6-2)33(20-24-10-8-7-9-11-24)29(35)21-34(26-16-14-25(31)15-17-26)39(37,38)27-18-12-22(3)13-19-27/h7-19,23,28H,5-6,20-21H2,1-4H3,(H,32,36)/t23-,28-/m1/s1. The highest BCUT2D eigenvalue weighted by Gasteiger charge is 2.34. The van der Waals surface area contributed by atoms with Crippen molar-refractivity contribution in [3.63, 3.8) is 0 Å². The van der Waals surface area contributed by atoms with Gasteiger partial charge in [-0.05, 0) is 68.7 Å². The van der Waals surface area contributed by atoms with Crippen LogP contribution in [0.2, 0.25) is 0 Å². The van der Waals surface area contributed by atoms with Gasteiger partial charge in [-0.3, -0.25) is 13.9 Å². The van der Waals surface area contributed by atoms with Crippen molar-refractivity contribution >= 4 is 27.5 Å². The van der Waals surface area contributed by atoms with Crippen molar-refractivity contribution in [2.75, 3.05) is 10.8 Å². The molecule has 0 radical (unpaired) electrons. The van der Waals surface area contributed by atoms with Gasteiger partial charge in [0, 0.05) is 12.6 Å². The quantitative estimate of drug-likeness (QED) is 0.340. The van der Waals surface area contributed by atoms with E-state index >= 15 is 0 Å². The highest BCUT2D eigenvalue weighted by Crippen LogP contribution is 2.25. The van der Waals surface area contributed by atoms with Crippen molar-refractivity contribution in [1.29, 1.82) is 0 Å². The van der Waals surface area contributed by atoms with Crippen molar-refractivity contribution in [3.8, 4) is 0 Å². The van der Waals surface area contributed by atoms with E-state index in [2.05, 4.69) is 5.32 Å². The van der Waals surface area contributed by atoms with Gasteiger partial charge < -0.3 is 10.2 Å². The van der Waals surface area contributed by atoms with Crippen LogP contribution in [0, 0.1) is 12.7 Å². The molecule has 0 aliphatic carbocycles. The maximum Gasteiger partial charge on any atom is 0.264 e. The maximum atomic E-state index is 14.0. The second-order valence-electron chi connectivity index (χ2n) is 9.55. The van der Waals surface area contributed by atoms with Crippen LogP contribution in [0.15, 0.2) is 83.8 Å². The molecule has 9 heteroatoms. The number of nitrogens with zero attached hydrogens (tertiary/aromatic N) is 2. The molecule has 0 unspecified atom stereocenters. The molecule has 0 spiro atoms. The molecule has 0 saturated carbocycles. The molecule has 3 rings (SSSR count). The maximum absolute atomic E-state index is 14.0. The lowest BCUT2D eigenvalue weighted by molar-refractivity contribution is -0.140. The minimum Gasteiger partial charge on any atom is -0.352 e. The molecule has 3 aromatic carbocycles. The van der Waals surface area contributed by atoms with Crippen LogP contribution in [0.5, 0.6) is 0 Å². The number of hydrogen-bond acceptors (Lipinski definition) is 4. The Kier molecular flexibility index (Phi) is 10.2. The smallest absolute Gasteiger partial charge is 0.264 e. The Morgan fingerprint density at radius 1 is 0.897 bits per heavy atom. The summed E-state index contributed by atoms with van der Waals surface area (Å²) < 4.78 is 42.3. The number of rotatable bonds is 12. The first-order chi connectivity index (χ1) is 18.6. The summed E-state index contributed by atoms with van der Waals surface area (Å²) in [6, 6.07) is 19.6. The lowest BCUT2D eigenvalue weighted by atomic mass is 10.1. The largest absolute Gasteiger partial charge is 0.352 e. The predicted molar refractivity (Wildman–Crippen MR) is 151 cm³/mol. The Balaban J connectivity index is 2.04. The van der Waals surface area contributed by atoms with Crippen molar-refractivity contribution in [2.45, 2.75) is 64.1 Å². The molecule has 0 fully saturated rings. The van der Waals surface area contributed by atoms with E-state index < -0.39 is 34.3 Å². The van der Waals surface area contributed by atoms with Crippen molar-refractivity contribution in [1.82, 2.24) is 10.2 Å². The van der Waals surface area contributed by atoms with E-state index in [1.807, 2.05) is 58.0 Å². The molecule has 2 amide bonds. The lowest BCUT2D eigenvalue weighted by Crippen LogP contribution is -2.53. The normalized spacial score (nSPS) is 12.8. The summed E-state index contributed by atoms with van der Waals surface area (Å²) in [5, 5.41) is 2.95. The lowest BCUT2D eigenvalue weighted by Gasteiger charge is -2.33. The number of nitrogens with one attached hydrogen (secondary N) is 1. The first-order valence-electron chi connectivity index (χ1n) is 13.1. The van der Waals surface area contributed by atoms with Gasteiger partial charge in [0.25, 0.3) is 10.0 Å². The van der Waals surface area contributed by atoms with Crippen LogP contribution in [0.25, 0.3) is 0 Å². The molecule has 0 aromatic heterocycles. The number of amides is 2. The van der Waals surface area contributed by atoms with E-state index in [1.54, 1.807) is 12.1 Å². The summed E-state index contributed by atoms with van der Waals surface area (Å²) in [4.78, 5) is 28.6. The number of carbonyl (C=O) groups is 2. The van der Waals surface area contributed by atoms with E-state index in [9.17, 15) is 22.4 Å². The zero-order chi connectivity index (χ0) is 28.6. The van der Waals surface area contributed by atoms with Crippen molar-refractivity contribution in [2.24, 2.45) is 0 Å². The molecule has 208 valence electrons. The van der Waals surface area contributed by atoms with Gasteiger partial charge in [0.1, 0.15) is 18.4 Å². The van der Waals surface area contributed by atoms with Crippen LogP contribution in [0.3, 0.4) is 0 Å². The van der Waals surface area contributed by atoms with Gasteiger partial charge in [0.05, 0.1) is 10.6 Å². The SMILES string of the molecule is CC[C@@H](C)NC(=O)[C@@H](CC)N(Cc1ccccc1)C(=O)CN(c1ccc(F)cc1)S(=O)(=O)c1ccc(C)cc1. The molecular weight excluding hydrogens is 517 g/mol. The van der Waals surface area contributed by atoms with Crippen LogP contribution in [0.1, 0.15) is 44.7 Å². The summed E-state index contributed by atoms with van der Waals surface area (Å²) in [5.41, 5.74) is 1.82. The topological polar surface area (TPSA) is 86.8 Å². The van der Waals surface area contributed by atoms with Crippen LogP contribution in [-0.4, -0.2) is 43.8 Å². The minimum atomic E-state index is -4.20. The van der Waals surface area contributed by atoms with E-state index in [4.69, 9.17) is 0 Å². The average Bonchev–Trinajstić information content (AvgIpc) is 2.92. The number of anilines is 1. The molecule has 0 aliphatic heterocycles. The van der Waals surface area contributed by atoms with E-state index in [0.717, 1.165) is 34.0 Å². The number of halogens is 1. The third-order valence-corrected chi connectivity index (χ3v) is 8.37. The van der Waals surface area contributed by atoms with Gasteiger partial charge >= 0.3 is 0 Å². The Hall–Kier alpha value is -3.72. The predicted octanol–water partition coefficient (Wildman–Crippen LogP) is 5.05. The molecule has 0 aliphatic rings. The molecule has 3 aromatic rings. The summed E-state index contributed by atoms with van der Waals surface area (Å²) in [7, 11) is -4.20. The van der Waals surface area contributed by atoms with Gasteiger partial charge in [-0.15, -0.1) is 0 Å². The zero-order valence-corrected chi connectivity index (χ0v) is 23.6. The molecule has 2 atom stereocenters. The summed E-state index contributed by atoms with van der Waals surface area (Å²) in [6.07, 6.45) is 1.06. The molecule has 0 saturated heterocycles. The van der Waals surface area contributed by atoms with Crippen LogP contribution in [-0.2, 0) is 26.2 Å². The monoisotopic (exact) mass is 553 g/mol. The Morgan fingerprint density at radius 2 is 1.51 bits per heavy atom. The van der Waals surface area contributed by atoms with E-state index in [1.165, 1.54) is 29.2 Å². The fourth-order valence-electron chi connectivity index (χ4n) is 4.11. The van der Waals surface area contributed by atoms with Gasteiger partial charge in [-0.2, -0.15) is 0 Å². The fourth-order valence-corrected chi connectivity index (χ4v) is 5.53. The van der Waals surface area contributed by atoms with Crippen molar-refractivity contribution in [3.05, 3.63) is 95.8 Å². The molecule has 0 bridgehead atoms. The summed E-state index contributed by atoms with van der Waals surface area (Å²) in [5.74, 6) is -1.38. The van der Waals surface area contributed by atoms with Gasteiger partial charge in [-0.1, -0.05) is 61.9 Å². The van der Waals surface area contributed by atoms with Gasteiger partial charge in [0.2, 0.25) is 11.8 Å². The average molecular weight is 554 g/mol. The summed E-state index contributed by atoms with van der Waals surface area (Å²) in [6.45, 7) is 7.05. The minimum absolute atomic E-state index is 0.00129. The van der Waals surface area contributed by atoms with E-state index in [-0.39, 0.29) is 29.1 Å². The summed E-state index contributed by atoms with van der Waals surface area (Å²) >= 11 is 0. The second kappa shape index (κ2) is 13.4. The first-order valence-corrected chi connectivity index (χ1v) is 14.5. The Bertz CT molecular complexity index is 1350. The molecular formula is C30H36FN3O4S. The van der Waals surface area contributed by atoms with Crippen molar-refractivity contribution < 1.29 is 22.4 Å². The van der Waals surface area contributed by atoms with E-state index in [0.29, 0.717) is 6.42 Å². The van der Waals surface area contributed by atoms with Crippen LogP contribution >= 0.6 is 0 Å². The third kappa shape index (κ3) is 7.66. The molecule has 0 heterocycles. The molecule has 7 nitrogen and oxygen atoms in total. The van der Waals surface area contributed by atoms with Crippen LogP contribution < -0.4 is 9.62 Å². The molecule has 39 heavy (non-hydrogen) atoms. The third-order valence-electron chi connectivity index (χ3n) is 6.59. The zero-order valence-electron chi connectivity index (χ0n) is 22.8. The second-order valence-corrected chi connectivity index (χ2v) is 11.4. The highest BCUT2D eigenvalue weighted by atomic mass is 32.2. The highest BCUT2D eigenvalue weighted by molar-refractivity contribution is 7.92. The Labute approximate surface area is 230 Å². The van der Waals surface area contributed by atoms with Crippen LogP contribution in [0.4, 0.5) is 10.1 Å². The Morgan fingerprint density at radius 3 is 2.08 bits per heavy atom. The first kappa shape index (κ1) is 29.8.